The number of nitrogens with one attached hydrogen (secondary N) is 1. The van der Waals surface area contributed by atoms with E-state index in [2.05, 4.69) is 10.3 Å². The standard InChI is InChI=1S/C22H22FN3O2S/c1-4-26(5-2)22(28)16-8-12-18(13-9-16)25-20(27)19-14(3)24-21(29-19)15-6-10-17(23)11-7-15/h6-13H,4-5H2,1-3H3,(H,25,27). The summed E-state index contributed by atoms with van der Waals surface area (Å²) in [6, 6.07) is 12.9. The molecule has 0 atom stereocenters. The quantitative estimate of drug-likeness (QED) is 0.621. The third kappa shape index (κ3) is 4.68. The van der Waals surface area contributed by atoms with Crippen molar-refractivity contribution in [1.82, 2.24) is 9.88 Å². The van der Waals surface area contributed by atoms with Crippen molar-refractivity contribution in [3.05, 3.63) is 70.5 Å². The fraction of sp³-hybridized carbons (Fsp3) is 0.227. The zero-order valence-electron chi connectivity index (χ0n) is 16.5. The third-order valence-electron chi connectivity index (χ3n) is 4.53. The van der Waals surface area contributed by atoms with Crippen molar-refractivity contribution in [1.29, 1.82) is 0 Å². The van der Waals surface area contributed by atoms with E-state index in [1.165, 1.54) is 23.5 Å². The normalized spacial score (nSPS) is 10.6. The second-order valence-corrected chi connectivity index (χ2v) is 7.45. The van der Waals surface area contributed by atoms with Crippen molar-refractivity contribution in [2.24, 2.45) is 0 Å². The maximum absolute atomic E-state index is 13.1. The van der Waals surface area contributed by atoms with E-state index in [0.717, 1.165) is 5.56 Å². The van der Waals surface area contributed by atoms with Crippen LogP contribution in [0.2, 0.25) is 0 Å². The van der Waals surface area contributed by atoms with Gasteiger partial charge in [-0.05, 0) is 69.3 Å². The van der Waals surface area contributed by atoms with E-state index < -0.39 is 0 Å². The highest BCUT2D eigenvalue weighted by Crippen LogP contribution is 2.28. The second kappa shape index (κ2) is 8.96. The second-order valence-electron chi connectivity index (χ2n) is 6.45. The molecule has 0 unspecified atom stereocenters. The van der Waals surface area contributed by atoms with Gasteiger partial charge in [-0.1, -0.05) is 0 Å². The molecule has 1 aromatic heterocycles. The van der Waals surface area contributed by atoms with Crippen LogP contribution in [0.15, 0.2) is 48.5 Å². The third-order valence-corrected chi connectivity index (χ3v) is 5.74. The Kier molecular flexibility index (Phi) is 6.39. The molecule has 0 spiro atoms. The summed E-state index contributed by atoms with van der Waals surface area (Å²) in [5.74, 6) is -0.616. The molecule has 2 amide bonds. The molecule has 0 bridgehead atoms. The number of rotatable bonds is 6. The molecule has 5 nitrogen and oxygen atoms in total. The van der Waals surface area contributed by atoms with Gasteiger partial charge in [0.25, 0.3) is 11.8 Å². The van der Waals surface area contributed by atoms with Crippen LogP contribution in [0.1, 0.15) is 39.6 Å². The van der Waals surface area contributed by atoms with Crippen LogP contribution in [-0.2, 0) is 0 Å². The van der Waals surface area contributed by atoms with E-state index in [1.807, 2.05) is 13.8 Å². The van der Waals surface area contributed by atoms with Gasteiger partial charge in [-0.2, -0.15) is 0 Å². The molecule has 0 saturated carbocycles. The van der Waals surface area contributed by atoms with E-state index >= 15 is 0 Å². The number of halogens is 1. The molecule has 1 N–H and O–H groups in total. The van der Waals surface area contributed by atoms with E-state index in [9.17, 15) is 14.0 Å². The molecule has 7 heteroatoms. The first-order valence-corrected chi connectivity index (χ1v) is 10.2. The molecule has 150 valence electrons. The van der Waals surface area contributed by atoms with Crippen LogP contribution in [0, 0.1) is 12.7 Å². The summed E-state index contributed by atoms with van der Waals surface area (Å²) in [7, 11) is 0. The number of hydrogen-bond donors (Lipinski definition) is 1. The van der Waals surface area contributed by atoms with Gasteiger partial charge in [-0.3, -0.25) is 9.59 Å². The van der Waals surface area contributed by atoms with Crippen molar-refractivity contribution in [2.75, 3.05) is 18.4 Å². The lowest BCUT2D eigenvalue weighted by Gasteiger charge is -2.18. The smallest absolute Gasteiger partial charge is 0.267 e. The number of nitrogens with zero attached hydrogens (tertiary/aromatic N) is 2. The highest BCUT2D eigenvalue weighted by atomic mass is 32.1. The van der Waals surface area contributed by atoms with Gasteiger partial charge in [-0.15, -0.1) is 11.3 Å². The first-order valence-electron chi connectivity index (χ1n) is 9.37. The molecule has 2 aromatic carbocycles. The van der Waals surface area contributed by atoms with Crippen molar-refractivity contribution in [3.8, 4) is 10.6 Å². The highest BCUT2D eigenvalue weighted by Gasteiger charge is 2.17. The molecular formula is C22H22FN3O2S. The maximum Gasteiger partial charge on any atom is 0.267 e. The molecular weight excluding hydrogens is 389 g/mol. The number of carbonyl (C=O) groups excluding carboxylic acids is 2. The first-order chi connectivity index (χ1) is 13.9. The molecule has 3 aromatic rings. The molecule has 0 radical (unpaired) electrons. The first kappa shape index (κ1) is 20.7. The minimum atomic E-state index is -0.317. The number of amides is 2. The van der Waals surface area contributed by atoms with Gasteiger partial charge in [-0.25, -0.2) is 9.37 Å². The summed E-state index contributed by atoms with van der Waals surface area (Å²) in [5.41, 5.74) is 2.56. The van der Waals surface area contributed by atoms with Gasteiger partial charge in [0.2, 0.25) is 0 Å². The van der Waals surface area contributed by atoms with Crippen molar-refractivity contribution >= 4 is 28.8 Å². The van der Waals surface area contributed by atoms with Crippen LogP contribution in [0.4, 0.5) is 10.1 Å². The summed E-state index contributed by atoms with van der Waals surface area (Å²) in [6.07, 6.45) is 0. The Labute approximate surface area is 173 Å². The number of benzene rings is 2. The number of hydrogen-bond acceptors (Lipinski definition) is 4. The minimum Gasteiger partial charge on any atom is -0.339 e. The van der Waals surface area contributed by atoms with Crippen molar-refractivity contribution in [3.63, 3.8) is 0 Å². The van der Waals surface area contributed by atoms with Crippen LogP contribution in [0.5, 0.6) is 0 Å². The predicted molar refractivity (Wildman–Crippen MR) is 114 cm³/mol. The summed E-state index contributed by atoms with van der Waals surface area (Å²) < 4.78 is 13.1. The van der Waals surface area contributed by atoms with Crippen LogP contribution in [0.25, 0.3) is 10.6 Å². The van der Waals surface area contributed by atoms with Gasteiger partial charge in [0.1, 0.15) is 15.7 Å². The molecule has 0 aliphatic heterocycles. The number of thiazole rings is 1. The average Bonchev–Trinajstić information content (AvgIpc) is 3.11. The number of carbonyl (C=O) groups is 2. The maximum atomic E-state index is 13.1. The number of aromatic nitrogens is 1. The average molecular weight is 412 g/mol. The Bertz CT molecular complexity index is 1010. The molecule has 0 aliphatic carbocycles. The Balaban J connectivity index is 1.73. The summed E-state index contributed by atoms with van der Waals surface area (Å²) >= 11 is 1.26. The van der Waals surface area contributed by atoms with E-state index in [-0.39, 0.29) is 17.6 Å². The number of aryl methyl sites for hydroxylation is 1. The lowest BCUT2D eigenvalue weighted by Crippen LogP contribution is -2.30. The Morgan fingerprint density at radius 1 is 1.03 bits per heavy atom. The van der Waals surface area contributed by atoms with E-state index in [0.29, 0.717) is 39.9 Å². The van der Waals surface area contributed by atoms with Crippen molar-refractivity contribution in [2.45, 2.75) is 20.8 Å². The molecule has 0 fully saturated rings. The van der Waals surface area contributed by atoms with Crippen LogP contribution >= 0.6 is 11.3 Å². The molecule has 0 aliphatic rings. The monoisotopic (exact) mass is 411 g/mol. The van der Waals surface area contributed by atoms with E-state index in [4.69, 9.17) is 0 Å². The Hall–Kier alpha value is -3.06. The topological polar surface area (TPSA) is 62.3 Å². The minimum absolute atomic E-state index is 0.0323. The van der Waals surface area contributed by atoms with Gasteiger partial charge in [0.15, 0.2) is 0 Å². The molecule has 3 rings (SSSR count). The Morgan fingerprint density at radius 2 is 1.66 bits per heavy atom. The summed E-state index contributed by atoms with van der Waals surface area (Å²) in [5, 5.41) is 3.50. The fourth-order valence-corrected chi connectivity index (χ4v) is 3.87. The van der Waals surface area contributed by atoms with Crippen LogP contribution in [0.3, 0.4) is 0 Å². The molecule has 1 heterocycles. The zero-order chi connectivity index (χ0) is 21.0. The highest BCUT2D eigenvalue weighted by molar-refractivity contribution is 7.17. The predicted octanol–water partition coefficient (Wildman–Crippen LogP) is 4.99. The van der Waals surface area contributed by atoms with Gasteiger partial charge >= 0.3 is 0 Å². The largest absolute Gasteiger partial charge is 0.339 e. The van der Waals surface area contributed by atoms with E-state index in [1.54, 1.807) is 48.2 Å². The number of anilines is 1. The molecule has 29 heavy (non-hydrogen) atoms. The molecule has 0 saturated heterocycles. The van der Waals surface area contributed by atoms with Crippen LogP contribution < -0.4 is 5.32 Å². The summed E-state index contributed by atoms with van der Waals surface area (Å²) in [4.78, 5) is 31.7. The zero-order valence-corrected chi connectivity index (χ0v) is 17.3. The van der Waals surface area contributed by atoms with Crippen LogP contribution in [-0.4, -0.2) is 34.8 Å². The van der Waals surface area contributed by atoms with Gasteiger partial charge in [0.05, 0.1) is 5.69 Å². The Morgan fingerprint density at radius 3 is 2.24 bits per heavy atom. The summed E-state index contributed by atoms with van der Waals surface area (Å²) in [6.45, 7) is 6.94. The SMILES string of the molecule is CCN(CC)C(=O)c1ccc(NC(=O)c2sc(-c3ccc(F)cc3)nc2C)cc1. The lowest BCUT2D eigenvalue weighted by molar-refractivity contribution is 0.0773. The fourth-order valence-electron chi connectivity index (χ4n) is 2.90. The van der Waals surface area contributed by atoms with Gasteiger partial charge in [0, 0.05) is 29.9 Å². The lowest BCUT2D eigenvalue weighted by atomic mass is 10.1. The van der Waals surface area contributed by atoms with Crippen molar-refractivity contribution < 1.29 is 14.0 Å². The van der Waals surface area contributed by atoms with Gasteiger partial charge < -0.3 is 10.2 Å².